The molecule has 0 aromatic heterocycles. The van der Waals surface area contributed by atoms with Gasteiger partial charge in [0.2, 0.25) is 0 Å². The number of fused-ring (bicyclic) bond motifs is 1. The fourth-order valence-corrected chi connectivity index (χ4v) is 5.95. The second kappa shape index (κ2) is 4.73. The van der Waals surface area contributed by atoms with Gasteiger partial charge in [-0.05, 0) is 43.4 Å². The van der Waals surface area contributed by atoms with Crippen molar-refractivity contribution < 1.29 is 13.2 Å². The van der Waals surface area contributed by atoms with Crippen LogP contribution in [0.2, 0.25) is 0 Å². The Morgan fingerprint density at radius 3 is 2.80 bits per heavy atom. The van der Waals surface area contributed by atoms with Crippen molar-refractivity contribution >= 4 is 25.8 Å². The third-order valence-corrected chi connectivity index (χ3v) is 7.16. The van der Waals surface area contributed by atoms with Gasteiger partial charge in [0.1, 0.15) is 11.4 Å². The highest BCUT2D eigenvalue weighted by atomic mass is 79.9. The monoisotopic (exact) mass is 358 g/mol. The number of rotatable bonds is 2. The minimum atomic E-state index is -2.83. The summed E-state index contributed by atoms with van der Waals surface area (Å²) in [6.45, 7) is 4.17. The molecule has 1 aromatic carbocycles. The van der Waals surface area contributed by atoms with Crippen molar-refractivity contribution in [3.05, 3.63) is 29.3 Å². The number of benzene rings is 1. The molecule has 2 aliphatic rings. The van der Waals surface area contributed by atoms with Crippen LogP contribution in [-0.2, 0) is 16.3 Å². The molecule has 110 valence electrons. The molecule has 5 heteroatoms. The zero-order valence-corrected chi connectivity index (χ0v) is 14.1. The maximum atomic E-state index is 11.6. The molecule has 1 fully saturated rings. The number of halogens is 1. The number of hydrogen-bond acceptors (Lipinski definition) is 3. The highest BCUT2D eigenvalue weighted by molar-refractivity contribution is 9.09. The summed E-state index contributed by atoms with van der Waals surface area (Å²) in [5, 5.41) is 0. The first-order valence-corrected chi connectivity index (χ1v) is 9.66. The van der Waals surface area contributed by atoms with Crippen LogP contribution in [0.5, 0.6) is 5.75 Å². The molecule has 0 N–H and O–H groups in total. The van der Waals surface area contributed by atoms with Crippen LogP contribution in [-0.4, -0.2) is 25.5 Å². The van der Waals surface area contributed by atoms with Crippen LogP contribution in [0.1, 0.15) is 36.2 Å². The lowest BCUT2D eigenvalue weighted by molar-refractivity contribution is 0.138. The van der Waals surface area contributed by atoms with Crippen molar-refractivity contribution in [1.82, 2.24) is 0 Å². The summed E-state index contributed by atoms with van der Waals surface area (Å²) in [5.74, 6) is 1.74. The summed E-state index contributed by atoms with van der Waals surface area (Å²) in [6.07, 6.45) is 1.65. The van der Waals surface area contributed by atoms with Crippen molar-refractivity contribution in [1.29, 1.82) is 0 Å². The summed E-state index contributed by atoms with van der Waals surface area (Å²) in [4.78, 5) is 0.105. The highest BCUT2D eigenvalue weighted by Crippen LogP contribution is 2.41. The first kappa shape index (κ1) is 14.4. The summed E-state index contributed by atoms with van der Waals surface area (Å²) in [5.41, 5.74) is 2.24. The van der Waals surface area contributed by atoms with E-state index >= 15 is 0 Å². The number of alkyl halides is 1. The molecular weight excluding hydrogens is 340 g/mol. The largest absolute Gasteiger partial charge is 0.487 e. The predicted octanol–water partition coefficient (Wildman–Crippen LogP) is 3.27. The van der Waals surface area contributed by atoms with Crippen LogP contribution >= 0.6 is 15.9 Å². The van der Waals surface area contributed by atoms with Crippen LogP contribution in [0, 0.1) is 5.92 Å². The van der Waals surface area contributed by atoms with Crippen molar-refractivity contribution in [3.63, 3.8) is 0 Å². The smallest absolute Gasteiger partial charge is 0.150 e. The van der Waals surface area contributed by atoms with Gasteiger partial charge >= 0.3 is 0 Å². The van der Waals surface area contributed by atoms with Crippen LogP contribution in [0.25, 0.3) is 0 Å². The van der Waals surface area contributed by atoms with Gasteiger partial charge in [0.25, 0.3) is 0 Å². The summed E-state index contributed by atoms with van der Waals surface area (Å²) < 4.78 is 29.1. The van der Waals surface area contributed by atoms with E-state index in [-0.39, 0.29) is 16.3 Å². The molecule has 2 heterocycles. The van der Waals surface area contributed by atoms with Gasteiger partial charge in [-0.3, -0.25) is 0 Å². The fourth-order valence-electron chi connectivity index (χ4n) is 3.13. The van der Waals surface area contributed by atoms with Gasteiger partial charge in [0.15, 0.2) is 9.84 Å². The lowest BCUT2D eigenvalue weighted by Crippen LogP contribution is -2.24. The maximum absolute atomic E-state index is 11.6. The Bertz CT molecular complexity index is 637. The molecule has 20 heavy (non-hydrogen) atoms. The van der Waals surface area contributed by atoms with E-state index < -0.39 is 9.84 Å². The zero-order chi connectivity index (χ0) is 14.5. The van der Waals surface area contributed by atoms with Gasteiger partial charge < -0.3 is 4.74 Å². The van der Waals surface area contributed by atoms with Gasteiger partial charge in [-0.15, -0.1) is 0 Å². The van der Waals surface area contributed by atoms with Gasteiger partial charge in [-0.1, -0.05) is 28.1 Å². The lowest BCUT2D eigenvalue weighted by atomic mass is 9.95. The van der Waals surface area contributed by atoms with E-state index in [1.807, 2.05) is 12.1 Å². The number of sulfone groups is 1. The molecule has 0 radical (unpaired) electrons. The van der Waals surface area contributed by atoms with Crippen molar-refractivity contribution in [2.75, 3.05) is 11.5 Å². The average molecular weight is 359 g/mol. The summed E-state index contributed by atoms with van der Waals surface area (Å²) in [6, 6.07) is 6.22. The molecule has 0 spiro atoms. The molecule has 3 nitrogen and oxygen atoms in total. The minimum Gasteiger partial charge on any atom is -0.487 e. The molecule has 0 bridgehead atoms. The molecule has 0 aliphatic carbocycles. The topological polar surface area (TPSA) is 43.4 Å². The van der Waals surface area contributed by atoms with Gasteiger partial charge in [-0.25, -0.2) is 8.42 Å². The van der Waals surface area contributed by atoms with Crippen LogP contribution in [0.4, 0.5) is 0 Å². The summed E-state index contributed by atoms with van der Waals surface area (Å²) >= 11 is 3.70. The molecule has 0 amide bonds. The molecule has 1 saturated heterocycles. The number of hydrogen-bond donors (Lipinski definition) is 0. The van der Waals surface area contributed by atoms with E-state index in [9.17, 15) is 8.42 Å². The highest BCUT2D eigenvalue weighted by Gasteiger charge is 2.35. The Hall–Kier alpha value is -0.550. The second-order valence-electron chi connectivity index (χ2n) is 6.47. The van der Waals surface area contributed by atoms with Gasteiger partial charge in [0, 0.05) is 11.2 Å². The third-order valence-electron chi connectivity index (χ3n) is 4.09. The molecule has 2 aliphatic heterocycles. The van der Waals surface area contributed by atoms with Crippen molar-refractivity contribution in [2.45, 2.75) is 37.1 Å². The normalized spacial score (nSPS) is 27.9. The Balaban J connectivity index is 1.83. The molecular formula is C15H19BrO3S. The molecule has 0 saturated carbocycles. The van der Waals surface area contributed by atoms with Gasteiger partial charge in [-0.2, -0.15) is 0 Å². The minimum absolute atomic E-state index is 0.105. The number of ether oxygens (including phenoxy) is 1. The quantitative estimate of drug-likeness (QED) is 0.762. The molecule has 2 atom stereocenters. The molecule has 1 aromatic rings. The standard InChI is InChI=1S/C15H19BrO3S/c1-15(2)8-12-7-10(3-4-13(12)19-15)14(16)11-5-6-20(17,18)9-11/h3-4,7,11,14H,5-6,8-9H2,1-2H3. The Morgan fingerprint density at radius 1 is 1.40 bits per heavy atom. The summed E-state index contributed by atoms with van der Waals surface area (Å²) in [7, 11) is -2.83. The average Bonchev–Trinajstić information content (AvgIpc) is 2.84. The van der Waals surface area contributed by atoms with Crippen LogP contribution in [0.15, 0.2) is 18.2 Å². The third kappa shape index (κ3) is 2.75. The lowest BCUT2D eigenvalue weighted by Gasteiger charge is -2.17. The zero-order valence-electron chi connectivity index (χ0n) is 11.7. The van der Waals surface area contributed by atoms with E-state index in [0.717, 1.165) is 24.2 Å². The Morgan fingerprint density at radius 2 is 2.15 bits per heavy atom. The van der Waals surface area contributed by atoms with Crippen molar-refractivity contribution in [3.8, 4) is 5.75 Å². The molecule has 3 rings (SSSR count). The fraction of sp³-hybridized carbons (Fsp3) is 0.600. The van der Waals surface area contributed by atoms with E-state index in [1.165, 1.54) is 5.56 Å². The first-order valence-electron chi connectivity index (χ1n) is 6.92. The van der Waals surface area contributed by atoms with Crippen LogP contribution < -0.4 is 4.74 Å². The van der Waals surface area contributed by atoms with E-state index in [1.54, 1.807) is 0 Å². The Kier molecular flexibility index (Phi) is 3.41. The van der Waals surface area contributed by atoms with E-state index in [4.69, 9.17) is 4.74 Å². The van der Waals surface area contributed by atoms with Gasteiger partial charge in [0.05, 0.1) is 11.5 Å². The maximum Gasteiger partial charge on any atom is 0.150 e. The van der Waals surface area contributed by atoms with E-state index in [2.05, 4.69) is 35.8 Å². The predicted molar refractivity (Wildman–Crippen MR) is 83.3 cm³/mol. The van der Waals surface area contributed by atoms with Crippen molar-refractivity contribution in [2.24, 2.45) is 5.92 Å². The SMILES string of the molecule is CC1(C)Cc2cc(C(Br)C3CCS(=O)(=O)C3)ccc2O1. The van der Waals surface area contributed by atoms with Crippen LogP contribution in [0.3, 0.4) is 0 Å². The Labute approximate surface area is 128 Å². The second-order valence-corrected chi connectivity index (χ2v) is 9.69. The first-order chi connectivity index (χ1) is 9.26. The molecule has 2 unspecified atom stereocenters. The van der Waals surface area contributed by atoms with E-state index in [0.29, 0.717) is 11.5 Å².